The summed E-state index contributed by atoms with van der Waals surface area (Å²) in [5.74, 6) is -0.406. The number of anilines is 1. The first-order valence-electron chi connectivity index (χ1n) is 4.54. The number of ether oxygens (including phenoxy) is 1. The van der Waals surface area contributed by atoms with Crippen molar-refractivity contribution in [2.24, 2.45) is 0 Å². The molecule has 15 heavy (non-hydrogen) atoms. The SMILES string of the molecule is CCOC(=O)/C=C/c1c(N)cccc1Cl. The second-order valence-electron chi connectivity index (χ2n) is 2.83. The van der Waals surface area contributed by atoms with Gasteiger partial charge in [-0.1, -0.05) is 17.7 Å². The fourth-order valence-electron chi connectivity index (χ4n) is 1.07. The van der Waals surface area contributed by atoms with Gasteiger partial charge in [0.2, 0.25) is 0 Å². The molecule has 4 heteroatoms. The first-order valence-corrected chi connectivity index (χ1v) is 4.91. The van der Waals surface area contributed by atoms with Crippen LogP contribution in [-0.2, 0) is 9.53 Å². The Morgan fingerprint density at radius 1 is 1.60 bits per heavy atom. The number of nitrogens with two attached hydrogens (primary N) is 1. The van der Waals surface area contributed by atoms with Crippen LogP contribution in [-0.4, -0.2) is 12.6 Å². The van der Waals surface area contributed by atoms with Gasteiger partial charge in [0.15, 0.2) is 0 Å². The summed E-state index contributed by atoms with van der Waals surface area (Å²) < 4.78 is 4.73. The largest absolute Gasteiger partial charge is 0.463 e. The van der Waals surface area contributed by atoms with Crippen LogP contribution in [0.3, 0.4) is 0 Å². The Hall–Kier alpha value is -1.48. The predicted molar refractivity (Wildman–Crippen MR) is 61.5 cm³/mol. The van der Waals surface area contributed by atoms with Crippen LogP contribution < -0.4 is 5.73 Å². The fraction of sp³-hybridized carbons (Fsp3) is 0.182. The number of benzene rings is 1. The summed E-state index contributed by atoms with van der Waals surface area (Å²) in [6.07, 6.45) is 2.86. The number of halogens is 1. The highest BCUT2D eigenvalue weighted by Gasteiger charge is 2.01. The van der Waals surface area contributed by atoms with Crippen LogP contribution in [0.25, 0.3) is 6.08 Å². The zero-order valence-corrected chi connectivity index (χ0v) is 9.12. The van der Waals surface area contributed by atoms with E-state index in [-0.39, 0.29) is 0 Å². The van der Waals surface area contributed by atoms with Crippen molar-refractivity contribution >= 4 is 29.3 Å². The molecule has 80 valence electrons. The summed E-state index contributed by atoms with van der Waals surface area (Å²) in [4.78, 5) is 11.0. The maximum atomic E-state index is 11.0. The van der Waals surface area contributed by atoms with Crippen LogP contribution in [0.4, 0.5) is 5.69 Å². The lowest BCUT2D eigenvalue weighted by molar-refractivity contribution is -0.137. The van der Waals surface area contributed by atoms with Crippen molar-refractivity contribution in [1.82, 2.24) is 0 Å². The number of hydrogen-bond acceptors (Lipinski definition) is 3. The molecule has 0 heterocycles. The molecule has 0 atom stereocenters. The third-order valence-corrected chi connectivity index (χ3v) is 2.09. The molecule has 2 N–H and O–H groups in total. The lowest BCUT2D eigenvalue weighted by atomic mass is 10.1. The van der Waals surface area contributed by atoms with Gasteiger partial charge in [0.1, 0.15) is 0 Å². The first-order chi connectivity index (χ1) is 7.15. The van der Waals surface area contributed by atoms with Crippen molar-refractivity contribution in [3.63, 3.8) is 0 Å². The summed E-state index contributed by atoms with van der Waals surface area (Å²) in [7, 11) is 0. The molecule has 3 nitrogen and oxygen atoms in total. The molecule has 0 radical (unpaired) electrons. The van der Waals surface area contributed by atoms with Gasteiger partial charge < -0.3 is 10.5 Å². The van der Waals surface area contributed by atoms with Crippen molar-refractivity contribution in [3.05, 3.63) is 34.9 Å². The van der Waals surface area contributed by atoms with Gasteiger partial charge in [0, 0.05) is 22.3 Å². The topological polar surface area (TPSA) is 52.3 Å². The molecule has 0 aromatic heterocycles. The average Bonchev–Trinajstić information content (AvgIpc) is 2.17. The number of hydrogen-bond donors (Lipinski definition) is 1. The standard InChI is InChI=1S/C11H12ClNO2/c1-2-15-11(14)7-6-8-9(12)4-3-5-10(8)13/h3-7H,2,13H2,1H3/b7-6+. The molecule has 1 rings (SSSR count). The molecule has 0 aliphatic heterocycles. The first kappa shape index (κ1) is 11.6. The Balaban J connectivity index is 2.84. The van der Waals surface area contributed by atoms with Crippen molar-refractivity contribution in [1.29, 1.82) is 0 Å². The van der Waals surface area contributed by atoms with E-state index in [1.165, 1.54) is 6.08 Å². The average molecular weight is 226 g/mol. The highest BCUT2D eigenvalue weighted by atomic mass is 35.5. The Morgan fingerprint density at radius 2 is 2.33 bits per heavy atom. The number of nitrogen functional groups attached to an aromatic ring is 1. The van der Waals surface area contributed by atoms with E-state index in [9.17, 15) is 4.79 Å². The van der Waals surface area contributed by atoms with Gasteiger partial charge >= 0.3 is 5.97 Å². The Kier molecular flexibility index (Phi) is 4.18. The molecule has 1 aromatic carbocycles. The predicted octanol–water partition coefficient (Wildman–Crippen LogP) is 2.50. The van der Waals surface area contributed by atoms with Gasteiger partial charge in [-0.2, -0.15) is 0 Å². The third kappa shape index (κ3) is 3.29. The Morgan fingerprint density at radius 3 is 2.93 bits per heavy atom. The van der Waals surface area contributed by atoms with Gasteiger partial charge in [0.05, 0.1) is 6.61 Å². The molecule has 0 unspecified atom stereocenters. The van der Waals surface area contributed by atoms with Gasteiger partial charge in [-0.05, 0) is 25.1 Å². The van der Waals surface area contributed by atoms with E-state index in [1.54, 1.807) is 31.2 Å². The fourth-order valence-corrected chi connectivity index (χ4v) is 1.32. The smallest absolute Gasteiger partial charge is 0.330 e. The van der Waals surface area contributed by atoms with E-state index < -0.39 is 5.97 Å². The van der Waals surface area contributed by atoms with E-state index in [4.69, 9.17) is 22.1 Å². The lowest BCUT2D eigenvalue weighted by Crippen LogP contribution is -1.99. The molecule has 0 bridgehead atoms. The summed E-state index contributed by atoms with van der Waals surface area (Å²) in [5, 5.41) is 0.510. The van der Waals surface area contributed by atoms with E-state index in [0.29, 0.717) is 22.9 Å². The normalized spacial score (nSPS) is 10.5. The molecular weight excluding hydrogens is 214 g/mol. The lowest BCUT2D eigenvalue weighted by Gasteiger charge is -2.02. The number of carbonyl (C=O) groups excluding carboxylic acids is 1. The minimum atomic E-state index is -0.406. The molecular formula is C11H12ClNO2. The summed E-state index contributed by atoms with van der Waals surface area (Å²) in [6, 6.07) is 5.18. The highest BCUT2D eigenvalue weighted by Crippen LogP contribution is 2.23. The van der Waals surface area contributed by atoms with Crippen LogP contribution in [0.15, 0.2) is 24.3 Å². The second-order valence-corrected chi connectivity index (χ2v) is 3.24. The molecule has 0 fully saturated rings. The van der Waals surface area contributed by atoms with Crippen molar-refractivity contribution < 1.29 is 9.53 Å². The minimum Gasteiger partial charge on any atom is -0.463 e. The van der Waals surface area contributed by atoms with Crippen molar-refractivity contribution in [2.45, 2.75) is 6.92 Å². The van der Waals surface area contributed by atoms with Crippen LogP contribution in [0.1, 0.15) is 12.5 Å². The molecule has 1 aromatic rings. The van der Waals surface area contributed by atoms with Crippen LogP contribution in [0, 0.1) is 0 Å². The molecule has 0 saturated carbocycles. The molecule has 0 saturated heterocycles. The summed E-state index contributed by atoms with van der Waals surface area (Å²) in [5.41, 5.74) is 6.86. The third-order valence-electron chi connectivity index (χ3n) is 1.76. The zero-order chi connectivity index (χ0) is 11.3. The maximum absolute atomic E-state index is 11.0. The quantitative estimate of drug-likeness (QED) is 0.489. The highest BCUT2D eigenvalue weighted by molar-refractivity contribution is 6.32. The van der Waals surface area contributed by atoms with Gasteiger partial charge in [-0.3, -0.25) is 0 Å². The van der Waals surface area contributed by atoms with E-state index in [0.717, 1.165) is 0 Å². The number of carbonyl (C=O) groups is 1. The van der Waals surface area contributed by atoms with Gasteiger partial charge in [-0.15, -0.1) is 0 Å². The zero-order valence-electron chi connectivity index (χ0n) is 8.37. The van der Waals surface area contributed by atoms with Crippen molar-refractivity contribution in [2.75, 3.05) is 12.3 Å². The van der Waals surface area contributed by atoms with E-state index in [2.05, 4.69) is 0 Å². The van der Waals surface area contributed by atoms with Crippen LogP contribution in [0.5, 0.6) is 0 Å². The van der Waals surface area contributed by atoms with Crippen molar-refractivity contribution in [3.8, 4) is 0 Å². The minimum absolute atomic E-state index is 0.348. The van der Waals surface area contributed by atoms with Gasteiger partial charge in [-0.25, -0.2) is 4.79 Å². The molecule has 0 aliphatic carbocycles. The van der Waals surface area contributed by atoms with Crippen LogP contribution in [0.2, 0.25) is 5.02 Å². The second kappa shape index (κ2) is 5.41. The number of rotatable bonds is 3. The molecule has 0 amide bonds. The number of esters is 1. The summed E-state index contributed by atoms with van der Waals surface area (Å²) in [6.45, 7) is 2.09. The Bertz CT molecular complexity index is 368. The maximum Gasteiger partial charge on any atom is 0.330 e. The Labute approximate surface area is 93.5 Å². The molecule has 0 aliphatic rings. The van der Waals surface area contributed by atoms with E-state index >= 15 is 0 Å². The monoisotopic (exact) mass is 225 g/mol. The van der Waals surface area contributed by atoms with Gasteiger partial charge in [0.25, 0.3) is 0 Å². The molecule has 0 spiro atoms. The summed E-state index contributed by atoms with van der Waals surface area (Å²) >= 11 is 5.91. The van der Waals surface area contributed by atoms with E-state index in [1.807, 2.05) is 0 Å². The van der Waals surface area contributed by atoms with Crippen LogP contribution >= 0.6 is 11.6 Å².